The van der Waals surface area contributed by atoms with Crippen LogP contribution in [-0.4, -0.2) is 54.7 Å². The van der Waals surface area contributed by atoms with Crippen LogP contribution in [0.3, 0.4) is 0 Å². The fraction of sp³-hybridized carbons (Fsp3) is 0.765. The van der Waals surface area contributed by atoms with Gasteiger partial charge in [0.05, 0.1) is 12.3 Å². The second-order valence-electron chi connectivity index (χ2n) is 7.19. The molecule has 0 aliphatic carbocycles. The van der Waals surface area contributed by atoms with Crippen molar-refractivity contribution < 1.29 is 4.74 Å². The lowest BCUT2D eigenvalue weighted by molar-refractivity contribution is 0.181. The zero-order chi connectivity index (χ0) is 16.3. The van der Waals surface area contributed by atoms with Gasteiger partial charge < -0.3 is 14.5 Å². The van der Waals surface area contributed by atoms with Crippen LogP contribution in [0.15, 0.2) is 6.07 Å². The molecule has 0 aromatic carbocycles. The van der Waals surface area contributed by atoms with E-state index in [9.17, 15) is 0 Å². The molecule has 1 fully saturated rings. The maximum atomic E-state index is 5.27. The van der Waals surface area contributed by atoms with Gasteiger partial charge in [-0.1, -0.05) is 27.7 Å². The van der Waals surface area contributed by atoms with Crippen LogP contribution in [0.1, 0.15) is 45.6 Å². The van der Waals surface area contributed by atoms with E-state index in [0.717, 1.165) is 37.0 Å². The van der Waals surface area contributed by atoms with Crippen molar-refractivity contribution >= 4 is 5.82 Å². The Morgan fingerprint density at radius 2 is 2.09 bits per heavy atom. The molecule has 0 N–H and O–H groups in total. The number of aromatic nitrogens is 2. The zero-order valence-corrected chi connectivity index (χ0v) is 14.9. The molecule has 5 heteroatoms. The van der Waals surface area contributed by atoms with Crippen LogP contribution < -0.4 is 4.90 Å². The molecule has 1 aromatic heterocycles. The van der Waals surface area contributed by atoms with Crippen molar-refractivity contribution in [3.8, 4) is 0 Å². The van der Waals surface area contributed by atoms with E-state index in [1.54, 1.807) is 7.11 Å². The van der Waals surface area contributed by atoms with Gasteiger partial charge in [-0.15, -0.1) is 0 Å². The third kappa shape index (κ3) is 3.96. The highest BCUT2D eigenvalue weighted by atomic mass is 16.5. The molecule has 0 saturated carbocycles. The first kappa shape index (κ1) is 17.2. The smallest absolute Gasteiger partial charge is 0.136 e. The Bertz CT molecular complexity index is 498. The van der Waals surface area contributed by atoms with E-state index in [1.807, 2.05) is 0 Å². The largest absolute Gasteiger partial charge is 0.378 e. The van der Waals surface area contributed by atoms with Crippen LogP contribution in [0.2, 0.25) is 0 Å². The average molecular weight is 306 g/mol. The third-order valence-corrected chi connectivity index (χ3v) is 4.34. The Balaban J connectivity index is 2.25. The summed E-state index contributed by atoms with van der Waals surface area (Å²) in [6.45, 7) is 12.4. The number of ether oxygens (including phenoxy) is 1. The Hall–Kier alpha value is -1.20. The van der Waals surface area contributed by atoms with Gasteiger partial charge in [0.1, 0.15) is 11.6 Å². The van der Waals surface area contributed by atoms with Gasteiger partial charge in [0.15, 0.2) is 0 Å². The molecular formula is C17H30N4O. The van der Waals surface area contributed by atoms with E-state index in [2.05, 4.69) is 55.6 Å². The molecule has 2 rings (SSSR count). The molecule has 0 spiro atoms. The molecule has 1 aromatic rings. The minimum atomic E-state index is -0.0577. The quantitative estimate of drug-likeness (QED) is 0.836. The van der Waals surface area contributed by atoms with Crippen LogP contribution in [0.4, 0.5) is 5.82 Å². The first-order valence-electron chi connectivity index (χ1n) is 8.17. The van der Waals surface area contributed by atoms with Crippen LogP contribution in [0.5, 0.6) is 0 Å². The molecule has 1 atom stereocenters. The predicted octanol–water partition coefficient (Wildman–Crippen LogP) is 2.45. The van der Waals surface area contributed by atoms with Crippen molar-refractivity contribution in [1.82, 2.24) is 14.9 Å². The number of hydrogen-bond acceptors (Lipinski definition) is 5. The first-order chi connectivity index (χ1) is 10.3. The summed E-state index contributed by atoms with van der Waals surface area (Å²) in [4.78, 5) is 14.3. The van der Waals surface area contributed by atoms with Crippen LogP contribution >= 0.6 is 0 Å². The standard InChI is InChI=1S/C17H30N4O/c1-7-20(5)14-8-9-21(11-14)15-10-13(12-22-6)18-16(19-15)17(2,3)4/h10,14H,7-9,11-12H2,1-6H3. The number of hydrogen-bond donors (Lipinski definition) is 0. The highest BCUT2D eigenvalue weighted by Crippen LogP contribution is 2.25. The normalized spacial score (nSPS) is 19.2. The van der Waals surface area contributed by atoms with Gasteiger partial charge in [-0.05, 0) is 20.0 Å². The third-order valence-electron chi connectivity index (χ3n) is 4.34. The fourth-order valence-electron chi connectivity index (χ4n) is 2.77. The van der Waals surface area contributed by atoms with Crippen molar-refractivity contribution in [2.24, 2.45) is 0 Å². The van der Waals surface area contributed by atoms with Gasteiger partial charge in [0.25, 0.3) is 0 Å². The van der Waals surface area contributed by atoms with Gasteiger partial charge in [-0.25, -0.2) is 9.97 Å². The highest BCUT2D eigenvalue weighted by Gasteiger charge is 2.27. The van der Waals surface area contributed by atoms with Gasteiger partial charge in [-0.3, -0.25) is 0 Å². The second kappa shape index (κ2) is 6.92. The molecule has 124 valence electrons. The highest BCUT2D eigenvalue weighted by molar-refractivity contribution is 5.42. The topological polar surface area (TPSA) is 41.5 Å². The Labute approximate surface area is 134 Å². The summed E-state index contributed by atoms with van der Waals surface area (Å²) in [6, 6.07) is 2.69. The maximum Gasteiger partial charge on any atom is 0.136 e. The summed E-state index contributed by atoms with van der Waals surface area (Å²) < 4.78 is 5.27. The number of likely N-dealkylation sites (N-methyl/N-ethyl adjacent to an activating group) is 1. The SMILES string of the molecule is CCN(C)C1CCN(c2cc(COC)nc(C(C)(C)C)n2)C1. The number of nitrogens with zero attached hydrogens (tertiary/aromatic N) is 4. The lowest BCUT2D eigenvalue weighted by Gasteiger charge is -2.25. The predicted molar refractivity (Wildman–Crippen MR) is 90.4 cm³/mol. The minimum absolute atomic E-state index is 0.0577. The van der Waals surface area contributed by atoms with Crippen LogP contribution in [0, 0.1) is 0 Å². The summed E-state index contributed by atoms with van der Waals surface area (Å²) >= 11 is 0. The van der Waals surface area contributed by atoms with Crippen LogP contribution in [0.25, 0.3) is 0 Å². The van der Waals surface area contributed by atoms with Crippen LogP contribution in [-0.2, 0) is 16.8 Å². The van der Waals surface area contributed by atoms with E-state index in [1.165, 1.54) is 6.42 Å². The lowest BCUT2D eigenvalue weighted by atomic mass is 9.95. The molecule has 0 radical (unpaired) electrons. The molecule has 2 heterocycles. The van der Waals surface area contributed by atoms with Gasteiger partial charge >= 0.3 is 0 Å². The summed E-state index contributed by atoms with van der Waals surface area (Å²) in [5, 5.41) is 0. The van der Waals surface area contributed by atoms with Gasteiger partial charge in [0, 0.05) is 37.7 Å². The number of methoxy groups -OCH3 is 1. The lowest BCUT2D eigenvalue weighted by Crippen LogP contribution is -2.34. The maximum absolute atomic E-state index is 5.27. The van der Waals surface area contributed by atoms with E-state index in [4.69, 9.17) is 9.72 Å². The second-order valence-corrected chi connectivity index (χ2v) is 7.19. The first-order valence-corrected chi connectivity index (χ1v) is 8.17. The number of rotatable bonds is 5. The fourth-order valence-corrected chi connectivity index (χ4v) is 2.77. The molecular weight excluding hydrogens is 276 g/mol. The molecule has 1 saturated heterocycles. The number of anilines is 1. The molecule has 1 aliphatic rings. The molecule has 1 aliphatic heterocycles. The Kier molecular flexibility index (Phi) is 5.40. The van der Waals surface area contributed by atoms with Crippen molar-refractivity contribution in [1.29, 1.82) is 0 Å². The van der Waals surface area contributed by atoms with Crippen molar-refractivity contribution in [3.05, 3.63) is 17.6 Å². The molecule has 0 amide bonds. The molecule has 1 unspecified atom stereocenters. The van der Waals surface area contributed by atoms with Gasteiger partial charge in [0.2, 0.25) is 0 Å². The summed E-state index contributed by atoms with van der Waals surface area (Å²) in [5.74, 6) is 1.93. The summed E-state index contributed by atoms with van der Waals surface area (Å²) in [7, 11) is 3.91. The van der Waals surface area contributed by atoms with Gasteiger partial charge in [-0.2, -0.15) is 0 Å². The Morgan fingerprint density at radius 1 is 1.36 bits per heavy atom. The van der Waals surface area contributed by atoms with E-state index in [0.29, 0.717) is 12.6 Å². The summed E-state index contributed by atoms with van der Waals surface area (Å²) in [5.41, 5.74) is 0.905. The Morgan fingerprint density at radius 3 is 2.68 bits per heavy atom. The molecule has 0 bridgehead atoms. The van der Waals surface area contributed by atoms with Crippen molar-refractivity contribution in [2.45, 2.75) is 52.2 Å². The summed E-state index contributed by atoms with van der Waals surface area (Å²) in [6.07, 6.45) is 1.19. The minimum Gasteiger partial charge on any atom is -0.378 e. The van der Waals surface area contributed by atoms with Crippen molar-refractivity contribution in [2.75, 3.05) is 38.7 Å². The molecule has 5 nitrogen and oxygen atoms in total. The molecule has 22 heavy (non-hydrogen) atoms. The van der Waals surface area contributed by atoms with Crippen molar-refractivity contribution in [3.63, 3.8) is 0 Å². The van der Waals surface area contributed by atoms with E-state index in [-0.39, 0.29) is 5.41 Å². The van der Waals surface area contributed by atoms with E-state index < -0.39 is 0 Å². The zero-order valence-electron chi connectivity index (χ0n) is 14.9. The van der Waals surface area contributed by atoms with E-state index >= 15 is 0 Å². The monoisotopic (exact) mass is 306 g/mol. The average Bonchev–Trinajstić information content (AvgIpc) is 2.95.